The molecule has 0 aliphatic heterocycles. The molecule has 1 heterocycles. The minimum Gasteiger partial charge on any atom is -0.484 e. The first kappa shape index (κ1) is 21.2. The van der Waals surface area contributed by atoms with Crippen LogP contribution in [0, 0.1) is 17.0 Å². The van der Waals surface area contributed by atoms with Crippen LogP contribution in [-0.2, 0) is 4.79 Å². The predicted octanol–water partition coefficient (Wildman–Crippen LogP) is 3.24. The Morgan fingerprint density at radius 3 is 2.65 bits per heavy atom. The third-order valence-electron chi connectivity index (χ3n) is 3.80. The van der Waals surface area contributed by atoms with Crippen molar-refractivity contribution in [2.75, 3.05) is 6.61 Å². The Balaban J connectivity index is 1.52. The fraction of sp³-hybridized carbons (Fsp3) is 0.0952. The average Bonchev–Trinajstić information content (AvgIpc) is 3.24. The number of amides is 1. The van der Waals surface area contributed by atoms with Gasteiger partial charge in [0.05, 0.1) is 12.3 Å². The zero-order valence-electron chi connectivity index (χ0n) is 16.3. The van der Waals surface area contributed by atoms with Crippen molar-refractivity contribution in [3.8, 4) is 11.5 Å². The van der Waals surface area contributed by atoms with Crippen molar-refractivity contribution in [3.05, 3.63) is 87.7 Å². The number of benzene rings is 2. The quantitative estimate of drug-likeness (QED) is 0.193. The first-order chi connectivity index (χ1) is 14.9. The van der Waals surface area contributed by atoms with Crippen LogP contribution in [0.2, 0.25) is 0 Å². The molecule has 31 heavy (non-hydrogen) atoms. The number of hydrogen-bond donors (Lipinski definition) is 1. The minimum absolute atomic E-state index is 0.169. The van der Waals surface area contributed by atoms with E-state index in [1.807, 2.05) is 25.1 Å². The lowest BCUT2D eigenvalue weighted by atomic mass is 10.2. The summed E-state index contributed by atoms with van der Waals surface area (Å²) in [7, 11) is 0. The summed E-state index contributed by atoms with van der Waals surface area (Å²) in [5, 5.41) is 14.5. The Labute approximate surface area is 176 Å². The van der Waals surface area contributed by atoms with Crippen LogP contribution in [0.3, 0.4) is 0 Å². The Hall–Kier alpha value is -4.47. The summed E-state index contributed by atoms with van der Waals surface area (Å²) in [4.78, 5) is 33.7. The molecule has 158 valence electrons. The molecule has 0 unspecified atom stereocenters. The molecule has 10 heteroatoms. The third-order valence-corrected chi connectivity index (χ3v) is 3.80. The second-order valence-electron chi connectivity index (χ2n) is 6.26. The fourth-order valence-corrected chi connectivity index (χ4v) is 2.42. The van der Waals surface area contributed by atoms with Crippen LogP contribution in [0.4, 0.5) is 5.88 Å². The van der Waals surface area contributed by atoms with Crippen LogP contribution < -0.4 is 14.9 Å². The summed E-state index contributed by atoms with van der Waals surface area (Å²) in [6, 6.07) is 15.8. The molecular weight excluding hydrogens is 406 g/mol. The van der Waals surface area contributed by atoms with Gasteiger partial charge >= 0.3 is 11.9 Å². The lowest BCUT2D eigenvalue weighted by Gasteiger charge is -2.05. The summed E-state index contributed by atoms with van der Waals surface area (Å²) in [5.41, 5.74) is 3.89. The number of esters is 1. The topological polar surface area (TPSA) is 133 Å². The van der Waals surface area contributed by atoms with Crippen molar-refractivity contribution >= 4 is 24.0 Å². The molecule has 3 rings (SSSR count). The maximum absolute atomic E-state index is 12.0. The van der Waals surface area contributed by atoms with Crippen molar-refractivity contribution in [2.45, 2.75) is 6.92 Å². The second kappa shape index (κ2) is 9.83. The van der Waals surface area contributed by atoms with E-state index in [2.05, 4.69) is 10.5 Å². The molecule has 0 spiro atoms. The first-order valence-corrected chi connectivity index (χ1v) is 8.98. The van der Waals surface area contributed by atoms with Crippen LogP contribution >= 0.6 is 0 Å². The number of hydrazone groups is 1. The number of carbonyl (C=O) groups is 2. The number of ether oxygens (including phenoxy) is 2. The van der Waals surface area contributed by atoms with E-state index in [0.29, 0.717) is 11.3 Å². The number of nitro groups is 1. The van der Waals surface area contributed by atoms with Gasteiger partial charge in [0, 0.05) is 0 Å². The Morgan fingerprint density at radius 1 is 1.13 bits per heavy atom. The van der Waals surface area contributed by atoms with Crippen LogP contribution in [0.25, 0.3) is 0 Å². The van der Waals surface area contributed by atoms with E-state index in [-0.39, 0.29) is 18.1 Å². The average molecular weight is 423 g/mol. The van der Waals surface area contributed by atoms with Crippen LogP contribution in [0.1, 0.15) is 21.7 Å². The second-order valence-corrected chi connectivity index (χ2v) is 6.26. The number of nitrogens with one attached hydrogen (secondary N) is 1. The zero-order valence-corrected chi connectivity index (χ0v) is 16.3. The molecule has 0 aliphatic carbocycles. The van der Waals surface area contributed by atoms with E-state index in [4.69, 9.17) is 13.9 Å². The number of furan rings is 1. The largest absolute Gasteiger partial charge is 0.484 e. The molecular formula is C21H17N3O7. The number of hydrogen-bond acceptors (Lipinski definition) is 8. The van der Waals surface area contributed by atoms with Gasteiger partial charge in [-0.05, 0) is 48.4 Å². The van der Waals surface area contributed by atoms with E-state index in [1.54, 1.807) is 18.2 Å². The van der Waals surface area contributed by atoms with E-state index in [0.717, 1.165) is 17.7 Å². The summed E-state index contributed by atoms with van der Waals surface area (Å²) >= 11 is 0. The summed E-state index contributed by atoms with van der Waals surface area (Å²) in [6.45, 7) is 1.72. The first-order valence-electron chi connectivity index (χ1n) is 8.98. The number of nitrogens with zero attached hydrogens (tertiary/aromatic N) is 2. The lowest BCUT2D eigenvalue weighted by molar-refractivity contribution is -0.402. The van der Waals surface area contributed by atoms with E-state index in [9.17, 15) is 19.7 Å². The van der Waals surface area contributed by atoms with Crippen LogP contribution in [0.15, 0.2) is 70.2 Å². The summed E-state index contributed by atoms with van der Waals surface area (Å²) < 4.78 is 15.3. The van der Waals surface area contributed by atoms with E-state index in [1.165, 1.54) is 18.3 Å². The highest BCUT2D eigenvalue weighted by atomic mass is 16.7. The monoisotopic (exact) mass is 423 g/mol. The Morgan fingerprint density at radius 2 is 1.90 bits per heavy atom. The van der Waals surface area contributed by atoms with Crippen molar-refractivity contribution in [1.82, 2.24) is 5.43 Å². The van der Waals surface area contributed by atoms with Gasteiger partial charge in [-0.1, -0.05) is 24.3 Å². The molecule has 1 amide bonds. The van der Waals surface area contributed by atoms with Crippen molar-refractivity contribution in [3.63, 3.8) is 0 Å². The van der Waals surface area contributed by atoms with E-state index >= 15 is 0 Å². The third kappa shape index (κ3) is 6.26. The van der Waals surface area contributed by atoms with Crippen LogP contribution in [-0.4, -0.2) is 29.6 Å². The maximum Gasteiger partial charge on any atom is 0.433 e. The molecule has 0 saturated carbocycles. The highest BCUT2D eigenvalue weighted by Gasteiger charge is 2.19. The van der Waals surface area contributed by atoms with Gasteiger partial charge in [0.1, 0.15) is 16.4 Å². The lowest BCUT2D eigenvalue weighted by Crippen LogP contribution is -2.24. The molecule has 2 aromatic carbocycles. The van der Waals surface area contributed by atoms with Gasteiger partial charge in [0.15, 0.2) is 6.61 Å². The van der Waals surface area contributed by atoms with Crippen molar-refractivity contribution in [2.24, 2.45) is 5.10 Å². The van der Waals surface area contributed by atoms with Gasteiger partial charge < -0.3 is 13.9 Å². The Bertz CT molecular complexity index is 1140. The Kier molecular flexibility index (Phi) is 6.74. The fourth-order valence-electron chi connectivity index (χ4n) is 2.42. The minimum atomic E-state index is -0.885. The molecule has 3 aromatic rings. The summed E-state index contributed by atoms with van der Waals surface area (Å²) in [5.74, 6) is -1.44. The van der Waals surface area contributed by atoms with Gasteiger partial charge in [0.2, 0.25) is 5.76 Å². The number of aryl methyl sites for hydroxylation is 1. The molecule has 10 nitrogen and oxygen atoms in total. The van der Waals surface area contributed by atoms with Crippen LogP contribution in [0.5, 0.6) is 11.5 Å². The molecule has 0 fully saturated rings. The zero-order chi connectivity index (χ0) is 22.2. The van der Waals surface area contributed by atoms with Gasteiger partial charge in [-0.15, -0.1) is 0 Å². The SMILES string of the molecule is Cc1cccc(OCC(=O)N/N=C/c2cccc(OC(=O)c3ccc([N+](=O)[O-])o3)c2)c1. The van der Waals surface area contributed by atoms with Crippen molar-refractivity contribution in [1.29, 1.82) is 0 Å². The van der Waals surface area contributed by atoms with Gasteiger partial charge in [-0.25, -0.2) is 10.2 Å². The number of rotatable bonds is 8. The molecule has 0 bridgehead atoms. The molecule has 0 atom stereocenters. The maximum atomic E-state index is 12.0. The molecule has 0 aliphatic rings. The van der Waals surface area contributed by atoms with Crippen molar-refractivity contribution < 1.29 is 28.4 Å². The van der Waals surface area contributed by atoms with Gasteiger partial charge in [0.25, 0.3) is 5.91 Å². The standard InChI is InChI=1S/C21H17N3O7/c1-14-4-2-6-16(10-14)29-13-19(25)23-22-12-15-5-3-7-17(11-15)30-21(26)18-8-9-20(31-18)24(27)28/h2-12H,13H2,1H3,(H,23,25)/b22-12+. The van der Waals surface area contributed by atoms with Gasteiger partial charge in [-0.3, -0.25) is 14.9 Å². The molecule has 0 saturated heterocycles. The molecule has 1 N–H and O–H groups in total. The highest BCUT2D eigenvalue weighted by molar-refractivity contribution is 5.89. The summed E-state index contributed by atoms with van der Waals surface area (Å²) in [6.07, 6.45) is 1.36. The predicted molar refractivity (Wildman–Crippen MR) is 109 cm³/mol. The normalized spacial score (nSPS) is 10.6. The smallest absolute Gasteiger partial charge is 0.433 e. The molecule has 0 radical (unpaired) electrons. The highest BCUT2D eigenvalue weighted by Crippen LogP contribution is 2.19. The number of carbonyl (C=O) groups excluding carboxylic acids is 2. The molecule has 1 aromatic heterocycles. The van der Waals surface area contributed by atoms with E-state index < -0.39 is 22.7 Å². The van der Waals surface area contributed by atoms with Gasteiger partial charge in [-0.2, -0.15) is 5.10 Å².